The van der Waals surface area contributed by atoms with Crippen molar-refractivity contribution in [3.63, 3.8) is 0 Å². The molecule has 1 heterocycles. The van der Waals surface area contributed by atoms with E-state index in [0.717, 1.165) is 11.1 Å². The van der Waals surface area contributed by atoms with E-state index in [1.165, 1.54) is 0 Å². The molecular formula is C20H23NO3S. The van der Waals surface area contributed by atoms with Crippen LogP contribution in [-0.2, 0) is 14.6 Å². The fourth-order valence-electron chi connectivity index (χ4n) is 3.40. The van der Waals surface area contributed by atoms with Crippen LogP contribution < -0.4 is 0 Å². The van der Waals surface area contributed by atoms with Gasteiger partial charge in [-0.15, -0.1) is 0 Å². The van der Waals surface area contributed by atoms with Gasteiger partial charge in [-0.2, -0.15) is 0 Å². The molecule has 1 fully saturated rings. The normalized spacial score (nSPS) is 19.0. The first-order valence-corrected chi connectivity index (χ1v) is 10.3. The predicted octanol–water partition coefficient (Wildman–Crippen LogP) is 2.85. The van der Waals surface area contributed by atoms with Crippen LogP contribution in [0.2, 0.25) is 0 Å². The summed E-state index contributed by atoms with van der Waals surface area (Å²) in [5.41, 5.74) is 2.18. The lowest BCUT2D eigenvalue weighted by Gasteiger charge is -2.26. The van der Waals surface area contributed by atoms with E-state index < -0.39 is 9.84 Å². The van der Waals surface area contributed by atoms with Crippen molar-refractivity contribution < 1.29 is 13.2 Å². The van der Waals surface area contributed by atoms with E-state index in [0.29, 0.717) is 12.8 Å². The fraction of sp³-hybridized carbons (Fsp3) is 0.350. The van der Waals surface area contributed by atoms with Gasteiger partial charge in [0.15, 0.2) is 9.84 Å². The summed E-state index contributed by atoms with van der Waals surface area (Å²) in [4.78, 5) is 14.5. The van der Waals surface area contributed by atoms with Gasteiger partial charge in [-0.05, 0) is 17.5 Å². The lowest BCUT2D eigenvalue weighted by molar-refractivity contribution is -0.131. The number of benzene rings is 2. The Morgan fingerprint density at radius 2 is 1.56 bits per heavy atom. The average Bonchev–Trinajstić information content (AvgIpc) is 3.00. The van der Waals surface area contributed by atoms with Crippen LogP contribution in [0.15, 0.2) is 60.7 Å². The number of carbonyl (C=O) groups is 1. The first-order chi connectivity index (χ1) is 12.0. The molecule has 5 heteroatoms. The van der Waals surface area contributed by atoms with Crippen LogP contribution in [0.1, 0.15) is 29.9 Å². The smallest absolute Gasteiger partial charge is 0.223 e. The lowest BCUT2D eigenvalue weighted by Crippen LogP contribution is -2.38. The van der Waals surface area contributed by atoms with Gasteiger partial charge >= 0.3 is 0 Å². The Bertz CT molecular complexity index is 779. The van der Waals surface area contributed by atoms with Gasteiger partial charge in [-0.1, -0.05) is 60.7 Å². The highest BCUT2D eigenvalue weighted by molar-refractivity contribution is 7.91. The first-order valence-electron chi connectivity index (χ1n) is 8.52. The predicted molar refractivity (Wildman–Crippen MR) is 99.2 cm³/mol. The Morgan fingerprint density at radius 3 is 2.00 bits per heavy atom. The van der Waals surface area contributed by atoms with Crippen molar-refractivity contribution in [3.05, 3.63) is 71.8 Å². The molecule has 1 amide bonds. The molecule has 25 heavy (non-hydrogen) atoms. The zero-order valence-electron chi connectivity index (χ0n) is 14.3. The minimum Gasteiger partial charge on any atom is -0.342 e. The van der Waals surface area contributed by atoms with Gasteiger partial charge in [0.05, 0.1) is 11.5 Å². The third-order valence-corrected chi connectivity index (χ3v) is 6.68. The molecule has 1 unspecified atom stereocenters. The van der Waals surface area contributed by atoms with Crippen molar-refractivity contribution in [1.82, 2.24) is 4.90 Å². The second-order valence-electron chi connectivity index (χ2n) is 6.64. The third kappa shape index (κ3) is 4.28. The van der Waals surface area contributed by atoms with Crippen LogP contribution in [0.3, 0.4) is 0 Å². The van der Waals surface area contributed by atoms with Crippen molar-refractivity contribution in [2.24, 2.45) is 0 Å². The molecule has 0 spiro atoms. The van der Waals surface area contributed by atoms with Crippen molar-refractivity contribution >= 4 is 15.7 Å². The minimum atomic E-state index is -3.00. The molecule has 0 radical (unpaired) electrons. The molecule has 3 rings (SSSR count). The summed E-state index contributed by atoms with van der Waals surface area (Å²) in [6, 6.07) is 19.8. The molecule has 0 aromatic heterocycles. The number of hydrogen-bond acceptors (Lipinski definition) is 3. The largest absolute Gasteiger partial charge is 0.342 e. The second kappa shape index (κ2) is 7.40. The SMILES string of the molecule is CN(C(=O)CC(c1ccccc1)c1ccccc1)C1CCS(=O)(=O)C1. The summed E-state index contributed by atoms with van der Waals surface area (Å²) in [6.07, 6.45) is 0.868. The molecule has 2 aromatic rings. The molecule has 1 saturated heterocycles. The van der Waals surface area contributed by atoms with Crippen LogP contribution in [0.25, 0.3) is 0 Å². The summed E-state index contributed by atoms with van der Waals surface area (Å²) in [5.74, 6) is 0.210. The van der Waals surface area contributed by atoms with Gasteiger partial charge in [0, 0.05) is 25.4 Å². The average molecular weight is 357 g/mol. The molecule has 132 valence electrons. The maximum atomic E-state index is 12.8. The molecule has 1 atom stereocenters. The van der Waals surface area contributed by atoms with Crippen LogP contribution in [0.5, 0.6) is 0 Å². The van der Waals surface area contributed by atoms with Crippen LogP contribution >= 0.6 is 0 Å². The van der Waals surface area contributed by atoms with E-state index in [1.54, 1.807) is 11.9 Å². The molecule has 0 aliphatic carbocycles. The van der Waals surface area contributed by atoms with E-state index in [1.807, 2.05) is 60.7 Å². The van der Waals surface area contributed by atoms with Gasteiger partial charge in [-0.3, -0.25) is 4.79 Å². The molecule has 0 N–H and O–H groups in total. The number of amides is 1. The van der Waals surface area contributed by atoms with Crippen LogP contribution in [0, 0.1) is 0 Å². The number of hydrogen-bond donors (Lipinski definition) is 0. The topological polar surface area (TPSA) is 54.5 Å². The highest BCUT2D eigenvalue weighted by Crippen LogP contribution is 2.29. The maximum absolute atomic E-state index is 12.8. The lowest BCUT2D eigenvalue weighted by atomic mass is 9.88. The van der Waals surface area contributed by atoms with Gasteiger partial charge in [0.2, 0.25) is 5.91 Å². The van der Waals surface area contributed by atoms with E-state index in [2.05, 4.69) is 0 Å². The highest BCUT2D eigenvalue weighted by atomic mass is 32.2. The van der Waals surface area contributed by atoms with Crippen LogP contribution in [-0.4, -0.2) is 43.8 Å². The van der Waals surface area contributed by atoms with Gasteiger partial charge in [0.1, 0.15) is 0 Å². The maximum Gasteiger partial charge on any atom is 0.223 e. The van der Waals surface area contributed by atoms with Crippen molar-refractivity contribution in [1.29, 1.82) is 0 Å². The standard InChI is InChI=1S/C20H23NO3S/c1-21(18-12-13-25(23,24)15-18)20(22)14-19(16-8-4-2-5-9-16)17-10-6-3-7-11-17/h2-11,18-19H,12-15H2,1H3. The number of nitrogens with zero attached hydrogens (tertiary/aromatic N) is 1. The zero-order chi connectivity index (χ0) is 17.9. The number of carbonyl (C=O) groups excluding carboxylic acids is 1. The van der Waals surface area contributed by atoms with E-state index >= 15 is 0 Å². The van der Waals surface area contributed by atoms with Gasteiger partial charge < -0.3 is 4.90 Å². The Labute approximate surface area is 149 Å². The first kappa shape index (κ1) is 17.7. The summed E-state index contributed by atoms with van der Waals surface area (Å²) >= 11 is 0. The van der Waals surface area contributed by atoms with Crippen LogP contribution in [0.4, 0.5) is 0 Å². The third-order valence-electron chi connectivity index (χ3n) is 4.93. The number of sulfone groups is 1. The monoisotopic (exact) mass is 357 g/mol. The number of rotatable bonds is 5. The zero-order valence-corrected chi connectivity index (χ0v) is 15.2. The van der Waals surface area contributed by atoms with Gasteiger partial charge in [-0.25, -0.2) is 8.42 Å². The fourth-order valence-corrected chi connectivity index (χ4v) is 5.18. The van der Waals surface area contributed by atoms with Crippen molar-refractivity contribution in [3.8, 4) is 0 Å². The molecule has 1 aliphatic heterocycles. The summed E-state index contributed by atoms with van der Waals surface area (Å²) in [7, 11) is -1.28. The Morgan fingerprint density at radius 1 is 1.04 bits per heavy atom. The summed E-state index contributed by atoms with van der Waals surface area (Å²) in [6.45, 7) is 0. The summed E-state index contributed by atoms with van der Waals surface area (Å²) in [5, 5.41) is 0. The summed E-state index contributed by atoms with van der Waals surface area (Å²) < 4.78 is 23.4. The minimum absolute atomic E-state index is 0.0141. The Hall–Kier alpha value is -2.14. The molecule has 4 nitrogen and oxygen atoms in total. The molecule has 1 aliphatic rings. The van der Waals surface area contributed by atoms with Crippen molar-refractivity contribution in [2.75, 3.05) is 18.6 Å². The van der Waals surface area contributed by atoms with E-state index in [4.69, 9.17) is 0 Å². The second-order valence-corrected chi connectivity index (χ2v) is 8.87. The Kier molecular flexibility index (Phi) is 5.23. The van der Waals surface area contributed by atoms with Crippen molar-refractivity contribution in [2.45, 2.75) is 24.8 Å². The van der Waals surface area contributed by atoms with E-state index in [-0.39, 0.29) is 29.4 Å². The molecule has 2 aromatic carbocycles. The van der Waals surface area contributed by atoms with Gasteiger partial charge in [0.25, 0.3) is 0 Å². The Balaban J connectivity index is 1.80. The molecular weight excluding hydrogens is 334 g/mol. The van der Waals surface area contributed by atoms with E-state index in [9.17, 15) is 13.2 Å². The quantitative estimate of drug-likeness (QED) is 0.827. The molecule has 0 saturated carbocycles. The highest BCUT2D eigenvalue weighted by Gasteiger charge is 2.33. The molecule has 0 bridgehead atoms.